The molecule has 5 heteroatoms. The molecule has 1 aromatic carbocycles. The van der Waals surface area contributed by atoms with Crippen molar-refractivity contribution in [3.05, 3.63) is 48.9 Å². The Bertz CT molecular complexity index is 697. The number of aromatic nitrogens is 3. The average molecular weight is 251 g/mol. The highest BCUT2D eigenvalue weighted by Gasteiger charge is 2.05. The summed E-state index contributed by atoms with van der Waals surface area (Å²) in [5.74, 6) is 1.56. The fourth-order valence-corrected chi connectivity index (χ4v) is 1.85. The van der Waals surface area contributed by atoms with E-state index < -0.39 is 0 Å². The number of fused-ring (bicyclic) bond motifs is 1. The summed E-state index contributed by atoms with van der Waals surface area (Å²) in [6, 6.07) is 11.9. The van der Waals surface area contributed by atoms with Crippen LogP contribution in [0, 0.1) is 0 Å². The summed E-state index contributed by atoms with van der Waals surface area (Å²) in [6.07, 6.45) is 3.27. The maximum Gasteiger partial charge on any atom is 0.141 e. The van der Waals surface area contributed by atoms with Crippen LogP contribution in [0.3, 0.4) is 0 Å². The predicted octanol–water partition coefficient (Wildman–Crippen LogP) is 2.81. The zero-order chi connectivity index (χ0) is 13.1. The van der Waals surface area contributed by atoms with Gasteiger partial charge in [0.2, 0.25) is 0 Å². The van der Waals surface area contributed by atoms with E-state index >= 15 is 0 Å². The van der Waals surface area contributed by atoms with Gasteiger partial charge in [-0.3, -0.25) is 0 Å². The molecule has 0 saturated carbocycles. The minimum absolute atomic E-state index is 0.773. The van der Waals surface area contributed by atoms with Crippen molar-refractivity contribution in [1.82, 2.24) is 15.0 Å². The van der Waals surface area contributed by atoms with Gasteiger partial charge < -0.3 is 10.6 Å². The molecule has 19 heavy (non-hydrogen) atoms. The summed E-state index contributed by atoms with van der Waals surface area (Å²) in [5, 5.41) is 7.24. The van der Waals surface area contributed by atoms with E-state index in [0.29, 0.717) is 0 Å². The van der Waals surface area contributed by atoms with Crippen molar-refractivity contribution in [2.24, 2.45) is 0 Å². The molecule has 0 fully saturated rings. The van der Waals surface area contributed by atoms with Gasteiger partial charge in [-0.2, -0.15) is 0 Å². The van der Waals surface area contributed by atoms with E-state index in [9.17, 15) is 0 Å². The molecule has 0 aliphatic heterocycles. The summed E-state index contributed by atoms with van der Waals surface area (Å²) < 4.78 is 0. The number of anilines is 3. The van der Waals surface area contributed by atoms with Gasteiger partial charge in [-0.15, -0.1) is 0 Å². The lowest BCUT2D eigenvalue weighted by atomic mass is 10.2. The second-order valence-electron chi connectivity index (χ2n) is 4.05. The molecule has 0 spiro atoms. The van der Waals surface area contributed by atoms with Gasteiger partial charge in [0, 0.05) is 18.1 Å². The maximum absolute atomic E-state index is 4.30. The van der Waals surface area contributed by atoms with Crippen LogP contribution >= 0.6 is 0 Å². The first-order valence-electron chi connectivity index (χ1n) is 5.97. The molecule has 3 aromatic rings. The molecule has 94 valence electrons. The summed E-state index contributed by atoms with van der Waals surface area (Å²) in [5.41, 5.74) is 1.80. The highest BCUT2D eigenvalue weighted by Crippen LogP contribution is 2.23. The Morgan fingerprint density at radius 1 is 1.00 bits per heavy atom. The number of hydrogen-bond donors (Lipinski definition) is 2. The number of pyridine rings is 1. The molecule has 2 N–H and O–H groups in total. The molecule has 3 rings (SSSR count). The van der Waals surface area contributed by atoms with E-state index in [0.717, 1.165) is 28.2 Å². The van der Waals surface area contributed by atoms with E-state index in [1.807, 2.05) is 43.4 Å². The highest BCUT2D eigenvalue weighted by molar-refractivity contribution is 5.91. The molecule has 0 bridgehead atoms. The predicted molar refractivity (Wildman–Crippen MR) is 76.6 cm³/mol. The zero-order valence-electron chi connectivity index (χ0n) is 10.5. The standard InChI is InChI=1S/C14H13N5/c1-15-13-7-11-12(8-16-13)17-9-18-14(11)19-10-5-3-2-4-6-10/h2-9H,1H3,(H,15,16)(H,17,18,19). The molecule has 0 saturated heterocycles. The Hall–Kier alpha value is -2.69. The van der Waals surface area contributed by atoms with Gasteiger partial charge in [-0.25, -0.2) is 15.0 Å². The lowest BCUT2D eigenvalue weighted by Crippen LogP contribution is -1.98. The van der Waals surface area contributed by atoms with Crippen LogP contribution in [0.1, 0.15) is 0 Å². The van der Waals surface area contributed by atoms with Crippen LogP contribution in [0.5, 0.6) is 0 Å². The molecule has 0 aliphatic rings. The van der Waals surface area contributed by atoms with Gasteiger partial charge in [0.1, 0.15) is 18.0 Å². The topological polar surface area (TPSA) is 62.7 Å². The lowest BCUT2D eigenvalue weighted by molar-refractivity contribution is 1.20. The van der Waals surface area contributed by atoms with Gasteiger partial charge in [0.15, 0.2) is 0 Å². The van der Waals surface area contributed by atoms with Crippen molar-refractivity contribution < 1.29 is 0 Å². The van der Waals surface area contributed by atoms with Gasteiger partial charge >= 0.3 is 0 Å². The zero-order valence-corrected chi connectivity index (χ0v) is 10.5. The van der Waals surface area contributed by atoms with Crippen LogP contribution in [0.25, 0.3) is 10.9 Å². The fraction of sp³-hybridized carbons (Fsp3) is 0.0714. The van der Waals surface area contributed by atoms with Crippen LogP contribution in [-0.4, -0.2) is 22.0 Å². The summed E-state index contributed by atoms with van der Waals surface area (Å²) in [6.45, 7) is 0. The van der Waals surface area contributed by atoms with Crippen LogP contribution < -0.4 is 10.6 Å². The minimum Gasteiger partial charge on any atom is -0.373 e. The van der Waals surface area contributed by atoms with Crippen LogP contribution in [0.4, 0.5) is 17.3 Å². The second kappa shape index (κ2) is 4.89. The van der Waals surface area contributed by atoms with Crippen molar-refractivity contribution in [2.75, 3.05) is 17.7 Å². The first kappa shape index (κ1) is 11.4. The van der Waals surface area contributed by atoms with Gasteiger partial charge in [-0.1, -0.05) is 18.2 Å². The maximum atomic E-state index is 4.30. The van der Waals surface area contributed by atoms with Crippen molar-refractivity contribution in [3.8, 4) is 0 Å². The number of benzene rings is 1. The third-order valence-electron chi connectivity index (χ3n) is 2.81. The number of hydrogen-bond acceptors (Lipinski definition) is 5. The Morgan fingerprint density at radius 2 is 1.84 bits per heavy atom. The smallest absolute Gasteiger partial charge is 0.141 e. The van der Waals surface area contributed by atoms with Gasteiger partial charge in [0.05, 0.1) is 11.7 Å². The van der Waals surface area contributed by atoms with E-state index in [-0.39, 0.29) is 0 Å². The van der Waals surface area contributed by atoms with E-state index in [2.05, 4.69) is 25.6 Å². The molecule has 2 aromatic heterocycles. The second-order valence-corrected chi connectivity index (χ2v) is 4.05. The number of rotatable bonds is 3. The normalized spacial score (nSPS) is 10.4. The van der Waals surface area contributed by atoms with E-state index in [1.54, 1.807) is 6.20 Å². The molecule has 0 aliphatic carbocycles. The monoisotopic (exact) mass is 251 g/mol. The molecule has 2 heterocycles. The Balaban J connectivity index is 2.07. The first-order valence-corrected chi connectivity index (χ1v) is 5.97. The third-order valence-corrected chi connectivity index (χ3v) is 2.81. The minimum atomic E-state index is 0.773. The van der Waals surface area contributed by atoms with Crippen molar-refractivity contribution in [1.29, 1.82) is 0 Å². The summed E-state index contributed by atoms with van der Waals surface area (Å²) >= 11 is 0. The van der Waals surface area contributed by atoms with Crippen LogP contribution in [0.15, 0.2) is 48.9 Å². The number of nitrogens with one attached hydrogen (secondary N) is 2. The Morgan fingerprint density at radius 3 is 2.63 bits per heavy atom. The highest BCUT2D eigenvalue weighted by atomic mass is 15.0. The Labute approximate surface area is 110 Å². The molecule has 5 nitrogen and oxygen atoms in total. The average Bonchev–Trinajstić information content (AvgIpc) is 2.48. The molecule has 0 atom stereocenters. The molecular weight excluding hydrogens is 238 g/mol. The quantitative estimate of drug-likeness (QED) is 0.749. The number of para-hydroxylation sites is 1. The van der Waals surface area contributed by atoms with E-state index in [4.69, 9.17) is 0 Å². The van der Waals surface area contributed by atoms with Gasteiger partial charge in [0.25, 0.3) is 0 Å². The SMILES string of the molecule is CNc1cc2c(Nc3ccccc3)ncnc2cn1. The lowest BCUT2D eigenvalue weighted by Gasteiger charge is -2.08. The molecule has 0 amide bonds. The summed E-state index contributed by atoms with van der Waals surface area (Å²) in [7, 11) is 1.84. The number of nitrogens with zero attached hydrogens (tertiary/aromatic N) is 3. The Kier molecular flexibility index (Phi) is 2.94. The van der Waals surface area contributed by atoms with Crippen molar-refractivity contribution in [2.45, 2.75) is 0 Å². The van der Waals surface area contributed by atoms with Gasteiger partial charge in [-0.05, 0) is 18.2 Å². The van der Waals surface area contributed by atoms with E-state index in [1.165, 1.54) is 6.33 Å². The fourth-order valence-electron chi connectivity index (χ4n) is 1.85. The third kappa shape index (κ3) is 2.30. The molecule has 0 radical (unpaired) electrons. The largest absolute Gasteiger partial charge is 0.373 e. The van der Waals surface area contributed by atoms with Crippen LogP contribution in [0.2, 0.25) is 0 Å². The molecular formula is C14H13N5. The van der Waals surface area contributed by atoms with Crippen molar-refractivity contribution >= 4 is 28.2 Å². The summed E-state index contributed by atoms with van der Waals surface area (Å²) in [4.78, 5) is 12.8. The molecule has 0 unspecified atom stereocenters. The van der Waals surface area contributed by atoms with Crippen molar-refractivity contribution in [3.63, 3.8) is 0 Å². The van der Waals surface area contributed by atoms with Crippen LogP contribution in [-0.2, 0) is 0 Å². The first-order chi connectivity index (χ1) is 9.36.